The smallest absolute Gasteiger partial charge is 0.176 e. The van der Waals surface area contributed by atoms with Crippen LogP contribution in [0.4, 0.5) is 0 Å². The van der Waals surface area contributed by atoms with Crippen LogP contribution in [0.3, 0.4) is 0 Å². The topological polar surface area (TPSA) is 63.7 Å². The lowest BCUT2D eigenvalue weighted by molar-refractivity contribution is 0.0607. The molecule has 4 rings (SSSR count). The molecule has 2 fully saturated rings. The number of piperidine rings is 1. The molecule has 0 saturated carbocycles. The number of aliphatic hydroxyl groups excluding tert-OH is 1. The Bertz CT molecular complexity index is 652. The van der Waals surface area contributed by atoms with Crippen LogP contribution in [0.5, 0.6) is 0 Å². The molecule has 1 unspecified atom stereocenters. The van der Waals surface area contributed by atoms with E-state index < -0.39 is 0 Å². The Morgan fingerprint density at radius 3 is 2.79 bits per heavy atom. The summed E-state index contributed by atoms with van der Waals surface area (Å²) in [6.45, 7) is 4.12. The van der Waals surface area contributed by atoms with E-state index in [9.17, 15) is 5.11 Å². The van der Waals surface area contributed by atoms with Gasteiger partial charge in [-0.15, -0.1) is 0 Å². The van der Waals surface area contributed by atoms with Crippen molar-refractivity contribution in [1.29, 1.82) is 0 Å². The van der Waals surface area contributed by atoms with Crippen molar-refractivity contribution in [2.24, 2.45) is 0 Å². The third-order valence-electron chi connectivity index (χ3n) is 5.14. The highest BCUT2D eigenvalue weighted by molar-refractivity contribution is 5.48. The maximum Gasteiger partial charge on any atom is 0.176 e. The Kier molecular flexibility index (Phi) is 4.69. The quantitative estimate of drug-likeness (QED) is 0.912. The van der Waals surface area contributed by atoms with Crippen molar-refractivity contribution in [3.05, 3.63) is 30.3 Å². The molecule has 2 aliphatic heterocycles. The van der Waals surface area contributed by atoms with E-state index in [1.54, 1.807) is 6.07 Å². The molecule has 6 nitrogen and oxygen atoms in total. The van der Waals surface area contributed by atoms with Gasteiger partial charge in [0.05, 0.1) is 6.10 Å². The van der Waals surface area contributed by atoms with Gasteiger partial charge in [0, 0.05) is 44.7 Å². The molecule has 6 heteroatoms. The van der Waals surface area contributed by atoms with Crippen LogP contribution in [-0.2, 0) is 11.3 Å². The van der Waals surface area contributed by atoms with Crippen molar-refractivity contribution in [1.82, 2.24) is 14.5 Å². The second kappa shape index (κ2) is 7.09. The van der Waals surface area contributed by atoms with Crippen molar-refractivity contribution in [3.63, 3.8) is 0 Å². The van der Waals surface area contributed by atoms with Gasteiger partial charge in [-0.25, -0.2) is 4.98 Å². The molecule has 2 aromatic rings. The summed E-state index contributed by atoms with van der Waals surface area (Å²) in [4.78, 5) is 6.99. The van der Waals surface area contributed by atoms with E-state index in [0.29, 0.717) is 17.9 Å². The van der Waals surface area contributed by atoms with Gasteiger partial charge in [-0.05, 0) is 37.8 Å². The van der Waals surface area contributed by atoms with Crippen LogP contribution in [0.1, 0.15) is 37.5 Å². The molecule has 2 aliphatic rings. The molecule has 0 spiro atoms. The molecule has 130 valence electrons. The summed E-state index contributed by atoms with van der Waals surface area (Å²) in [6.07, 6.45) is 8.94. The molecule has 24 heavy (non-hydrogen) atoms. The van der Waals surface area contributed by atoms with E-state index in [0.717, 1.165) is 50.7 Å². The van der Waals surface area contributed by atoms with Gasteiger partial charge in [-0.1, -0.05) is 0 Å². The van der Waals surface area contributed by atoms with Crippen LogP contribution >= 0.6 is 0 Å². The number of likely N-dealkylation sites (tertiary alicyclic amines) is 1. The van der Waals surface area contributed by atoms with Crippen molar-refractivity contribution in [2.45, 2.75) is 44.4 Å². The van der Waals surface area contributed by atoms with Gasteiger partial charge >= 0.3 is 0 Å². The highest BCUT2D eigenvalue weighted by atomic mass is 16.5. The fourth-order valence-corrected chi connectivity index (χ4v) is 3.84. The molecule has 0 aromatic carbocycles. The first kappa shape index (κ1) is 15.9. The molecule has 2 saturated heterocycles. The Hall–Kier alpha value is -1.63. The van der Waals surface area contributed by atoms with Crippen molar-refractivity contribution in [3.8, 4) is 11.6 Å². The largest absolute Gasteiger partial charge is 0.455 e. The Labute approximate surface area is 142 Å². The Balaban J connectivity index is 1.40. The molecule has 0 radical (unpaired) electrons. The van der Waals surface area contributed by atoms with E-state index in [2.05, 4.69) is 14.5 Å². The van der Waals surface area contributed by atoms with Crippen LogP contribution in [0.15, 0.2) is 28.9 Å². The number of rotatable bonds is 5. The SMILES string of the molecule is OCc1ccc(-c2nccn2C2CCN(CC3CCCO3)CC2)o1. The summed E-state index contributed by atoms with van der Waals surface area (Å²) in [5.41, 5.74) is 0. The fraction of sp³-hybridized carbons (Fsp3) is 0.611. The number of furan rings is 1. The molecule has 1 atom stereocenters. The van der Waals surface area contributed by atoms with Crippen LogP contribution in [-0.4, -0.2) is 51.9 Å². The Morgan fingerprint density at radius 1 is 1.21 bits per heavy atom. The monoisotopic (exact) mass is 331 g/mol. The second-order valence-corrected chi connectivity index (χ2v) is 6.75. The average molecular weight is 331 g/mol. The second-order valence-electron chi connectivity index (χ2n) is 6.75. The molecular formula is C18H25N3O3. The number of imidazole rings is 1. The third kappa shape index (κ3) is 3.27. The number of hydrogen-bond acceptors (Lipinski definition) is 5. The number of nitrogens with zero attached hydrogens (tertiary/aromatic N) is 3. The van der Waals surface area contributed by atoms with Crippen LogP contribution in [0.25, 0.3) is 11.6 Å². The molecule has 0 bridgehead atoms. The lowest BCUT2D eigenvalue weighted by Gasteiger charge is -2.34. The first-order chi connectivity index (χ1) is 11.8. The van der Waals surface area contributed by atoms with Crippen LogP contribution in [0, 0.1) is 0 Å². The highest BCUT2D eigenvalue weighted by Gasteiger charge is 2.26. The number of aliphatic hydroxyl groups is 1. The van der Waals surface area contributed by atoms with Crippen LogP contribution in [0.2, 0.25) is 0 Å². The molecule has 2 aromatic heterocycles. The van der Waals surface area contributed by atoms with Crippen molar-refractivity contribution in [2.75, 3.05) is 26.2 Å². The van der Waals surface area contributed by atoms with E-state index in [1.165, 1.54) is 12.8 Å². The van der Waals surface area contributed by atoms with E-state index in [1.807, 2.05) is 18.5 Å². The normalized spacial score (nSPS) is 23.1. The fourth-order valence-electron chi connectivity index (χ4n) is 3.84. The average Bonchev–Trinajstić information content (AvgIpc) is 3.36. The molecule has 0 amide bonds. The molecular weight excluding hydrogens is 306 g/mol. The lowest BCUT2D eigenvalue weighted by Crippen LogP contribution is -2.39. The summed E-state index contributed by atoms with van der Waals surface area (Å²) in [5.74, 6) is 2.16. The highest BCUT2D eigenvalue weighted by Crippen LogP contribution is 2.29. The Morgan fingerprint density at radius 2 is 2.08 bits per heavy atom. The lowest BCUT2D eigenvalue weighted by atomic mass is 10.0. The minimum atomic E-state index is -0.0810. The molecule has 4 heterocycles. The van der Waals surface area contributed by atoms with Crippen LogP contribution < -0.4 is 0 Å². The molecule has 0 aliphatic carbocycles. The van der Waals surface area contributed by atoms with E-state index in [-0.39, 0.29) is 6.61 Å². The molecule has 1 N–H and O–H groups in total. The van der Waals surface area contributed by atoms with E-state index >= 15 is 0 Å². The van der Waals surface area contributed by atoms with Crippen molar-refractivity contribution >= 4 is 0 Å². The standard InChI is InChI=1S/C18H25N3O3/c22-13-16-3-4-17(24-16)18-19-7-10-21(18)14-5-8-20(9-6-14)12-15-2-1-11-23-15/h3-4,7,10,14-15,22H,1-2,5-6,8-9,11-13H2. The summed E-state index contributed by atoms with van der Waals surface area (Å²) in [6, 6.07) is 4.14. The number of aromatic nitrogens is 2. The summed E-state index contributed by atoms with van der Waals surface area (Å²) < 4.78 is 13.6. The van der Waals surface area contributed by atoms with Gasteiger partial charge in [0.15, 0.2) is 11.6 Å². The van der Waals surface area contributed by atoms with Gasteiger partial charge in [-0.3, -0.25) is 0 Å². The predicted molar refractivity (Wildman–Crippen MR) is 89.5 cm³/mol. The maximum absolute atomic E-state index is 9.18. The zero-order valence-corrected chi connectivity index (χ0v) is 13.9. The minimum Gasteiger partial charge on any atom is -0.455 e. The minimum absolute atomic E-state index is 0.0810. The van der Waals surface area contributed by atoms with Gasteiger partial charge in [0.2, 0.25) is 0 Å². The zero-order chi connectivity index (χ0) is 16.4. The number of hydrogen-bond donors (Lipinski definition) is 1. The first-order valence-electron chi connectivity index (χ1n) is 8.90. The first-order valence-corrected chi connectivity index (χ1v) is 8.90. The van der Waals surface area contributed by atoms with Gasteiger partial charge in [-0.2, -0.15) is 0 Å². The number of ether oxygens (including phenoxy) is 1. The van der Waals surface area contributed by atoms with Gasteiger partial charge in [0.1, 0.15) is 12.4 Å². The van der Waals surface area contributed by atoms with Gasteiger partial charge in [0.25, 0.3) is 0 Å². The summed E-state index contributed by atoms with van der Waals surface area (Å²) in [7, 11) is 0. The predicted octanol–water partition coefficient (Wildman–Crippen LogP) is 2.45. The van der Waals surface area contributed by atoms with E-state index in [4.69, 9.17) is 9.15 Å². The summed E-state index contributed by atoms with van der Waals surface area (Å²) in [5, 5.41) is 9.18. The maximum atomic E-state index is 9.18. The zero-order valence-electron chi connectivity index (χ0n) is 13.9. The van der Waals surface area contributed by atoms with Crippen molar-refractivity contribution < 1.29 is 14.3 Å². The third-order valence-corrected chi connectivity index (χ3v) is 5.14. The van der Waals surface area contributed by atoms with Gasteiger partial charge < -0.3 is 23.7 Å². The summed E-state index contributed by atoms with van der Waals surface area (Å²) >= 11 is 0.